The first-order chi connectivity index (χ1) is 11.4. The van der Waals surface area contributed by atoms with E-state index >= 15 is 8.78 Å². The minimum atomic E-state index is -3.22. The molecular weight excluding hydrogens is 425 g/mol. The van der Waals surface area contributed by atoms with E-state index in [1.807, 2.05) is 0 Å². The van der Waals surface area contributed by atoms with Gasteiger partial charge in [-0.3, -0.25) is 0 Å². The van der Waals surface area contributed by atoms with Crippen molar-refractivity contribution in [3.05, 3.63) is 9.29 Å². The summed E-state index contributed by atoms with van der Waals surface area (Å²) in [6, 6.07) is 2.53. The summed E-state index contributed by atoms with van der Waals surface area (Å²) in [5.41, 5.74) is -0.200. The first kappa shape index (κ1) is 24.6. The van der Waals surface area contributed by atoms with Crippen LogP contribution in [-0.2, 0) is 0 Å². The van der Waals surface area contributed by atoms with Crippen molar-refractivity contribution in [1.82, 2.24) is 0 Å². The number of hydrogen-bond donors (Lipinski definition) is 0. The van der Waals surface area contributed by atoms with Crippen LogP contribution in [0.4, 0.5) is 8.78 Å². The van der Waals surface area contributed by atoms with Crippen LogP contribution in [0.2, 0.25) is 31.4 Å². The molecule has 0 fully saturated rings. The predicted molar refractivity (Wildman–Crippen MR) is 111 cm³/mol. The molecule has 0 aromatic carbocycles. The topological polar surface area (TPSA) is 0 Å². The van der Waals surface area contributed by atoms with Gasteiger partial charge in [-0.25, -0.2) is 0 Å². The number of halogens is 2. The molecule has 0 unspecified atom stereocenters. The van der Waals surface area contributed by atoms with Crippen LogP contribution < -0.4 is 0 Å². The van der Waals surface area contributed by atoms with Gasteiger partial charge in [0.15, 0.2) is 0 Å². The van der Waals surface area contributed by atoms with Crippen LogP contribution in [0.25, 0.3) is 0 Å². The third kappa shape index (κ3) is 6.41. The van der Waals surface area contributed by atoms with Gasteiger partial charge in [0.05, 0.1) is 0 Å². The Morgan fingerprint density at radius 2 is 1.00 bits per heavy atom. The fraction of sp³-hybridized carbons (Fsp3) is 0.900. The van der Waals surface area contributed by atoms with Crippen LogP contribution >= 0.6 is 0 Å². The minimum absolute atomic E-state index is 0.128. The SMILES string of the molecule is CCC[CH2][Sn]([CH2]CCC)([CH2]CCC)/[C](F)=C(\F)[Si](CC)(CC)CC. The summed E-state index contributed by atoms with van der Waals surface area (Å²) in [5, 5.41) is 0. The molecule has 0 atom stereocenters. The summed E-state index contributed by atoms with van der Waals surface area (Å²) >= 11 is -3.22. The molecular formula is C20H42F2SiSn. The Hall–Kier alpha value is 0.616. The molecule has 0 heterocycles. The molecule has 0 amide bonds. The van der Waals surface area contributed by atoms with Crippen molar-refractivity contribution < 1.29 is 8.78 Å². The Morgan fingerprint density at radius 3 is 1.25 bits per heavy atom. The summed E-state index contributed by atoms with van der Waals surface area (Å²) in [6.07, 6.45) is 6.56. The van der Waals surface area contributed by atoms with Crippen molar-refractivity contribution in [1.29, 1.82) is 0 Å². The Morgan fingerprint density at radius 1 is 0.667 bits per heavy atom. The van der Waals surface area contributed by atoms with Crippen molar-refractivity contribution in [2.24, 2.45) is 0 Å². The maximum atomic E-state index is 15.8. The number of rotatable bonds is 14. The first-order valence-electron chi connectivity index (χ1n) is 10.5. The molecule has 24 heavy (non-hydrogen) atoms. The number of unbranched alkanes of at least 4 members (excludes halogenated alkanes) is 3. The van der Waals surface area contributed by atoms with E-state index in [2.05, 4.69) is 41.5 Å². The van der Waals surface area contributed by atoms with Crippen molar-refractivity contribution in [3.63, 3.8) is 0 Å². The van der Waals surface area contributed by atoms with Crippen LogP contribution in [0.5, 0.6) is 0 Å². The second-order valence-electron chi connectivity index (χ2n) is 7.56. The molecule has 0 radical (unpaired) electrons. The number of hydrogen-bond acceptors (Lipinski definition) is 0. The molecule has 0 aliphatic carbocycles. The van der Waals surface area contributed by atoms with E-state index in [4.69, 9.17) is 0 Å². The third-order valence-corrected chi connectivity index (χ3v) is 26.6. The average Bonchev–Trinajstić information content (AvgIpc) is 2.62. The van der Waals surface area contributed by atoms with Gasteiger partial charge in [-0.15, -0.1) is 0 Å². The molecule has 0 aromatic heterocycles. The van der Waals surface area contributed by atoms with Gasteiger partial charge < -0.3 is 0 Å². The van der Waals surface area contributed by atoms with Gasteiger partial charge in [-0.2, -0.15) is 0 Å². The third-order valence-electron chi connectivity index (χ3n) is 6.18. The molecule has 4 heteroatoms. The maximum absolute atomic E-state index is 15.8. The molecule has 0 rings (SSSR count). The quantitative estimate of drug-likeness (QED) is 0.225. The van der Waals surface area contributed by atoms with Gasteiger partial charge in [0.2, 0.25) is 0 Å². The van der Waals surface area contributed by atoms with Crippen molar-refractivity contribution >= 4 is 26.5 Å². The van der Waals surface area contributed by atoms with E-state index in [1.54, 1.807) is 0 Å². The summed E-state index contributed by atoms with van der Waals surface area (Å²) in [4.78, 5) is 0. The van der Waals surface area contributed by atoms with Crippen LogP contribution in [-0.4, -0.2) is 26.5 Å². The summed E-state index contributed by atoms with van der Waals surface area (Å²) in [6.45, 7) is 12.8. The summed E-state index contributed by atoms with van der Waals surface area (Å²) in [5.74, 6) is 0. The van der Waals surface area contributed by atoms with E-state index in [0.717, 1.165) is 70.0 Å². The van der Waals surface area contributed by atoms with Crippen molar-refractivity contribution in [3.8, 4) is 0 Å². The summed E-state index contributed by atoms with van der Waals surface area (Å²) in [7, 11) is -2.22. The van der Waals surface area contributed by atoms with Crippen LogP contribution in [0.15, 0.2) is 9.29 Å². The zero-order valence-corrected chi connectivity index (χ0v) is 21.1. The fourth-order valence-corrected chi connectivity index (χ4v) is 25.0. The van der Waals surface area contributed by atoms with Gasteiger partial charge in [-0.05, 0) is 0 Å². The average molecular weight is 467 g/mol. The molecule has 0 saturated heterocycles. The first-order valence-corrected chi connectivity index (χ1v) is 20.6. The van der Waals surface area contributed by atoms with E-state index in [1.165, 1.54) is 0 Å². The van der Waals surface area contributed by atoms with E-state index in [-0.39, 0.29) is 9.29 Å². The molecule has 0 aromatic rings. The molecule has 0 saturated carbocycles. The van der Waals surface area contributed by atoms with Crippen LogP contribution in [0, 0.1) is 0 Å². The van der Waals surface area contributed by atoms with Crippen molar-refractivity contribution in [2.75, 3.05) is 0 Å². The van der Waals surface area contributed by atoms with E-state index < -0.39 is 26.5 Å². The molecule has 0 spiro atoms. The van der Waals surface area contributed by atoms with Gasteiger partial charge in [-0.1, -0.05) is 0 Å². The predicted octanol–water partition coefficient (Wildman–Crippen LogP) is 8.57. The zero-order chi connectivity index (χ0) is 18.6. The molecule has 0 bridgehead atoms. The molecule has 0 aliphatic heterocycles. The molecule has 0 N–H and O–H groups in total. The second kappa shape index (κ2) is 12.9. The van der Waals surface area contributed by atoms with Crippen LogP contribution in [0.3, 0.4) is 0 Å². The fourth-order valence-electron chi connectivity index (χ4n) is 3.93. The Balaban J connectivity index is 5.97. The zero-order valence-electron chi connectivity index (χ0n) is 17.2. The van der Waals surface area contributed by atoms with Crippen molar-refractivity contribution in [2.45, 2.75) is 112 Å². The van der Waals surface area contributed by atoms with Gasteiger partial charge in [0.1, 0.15) is 0 Å². The van der Waals surface area contributed by atoms with Crippen LogP contribution in [0.1, 0.15) is 80.1 Å². The van der Waals surface area contributed by atoms with E-state index in [9.17, 15) is 0 Å². The Labute approximate surface area is 155 Å². The second-order valence-corrected chi connectivity index (χ2v) is 25.5. The molecule has 0 aliphatic rings. The van der Waals surface area contributed by atoms with Gasteiger partial charge in [0, 0.05) is 0 Å². The Bertz CT molecular complexity index is 335. The monoisotopic (exact) mass is 468 g/mol. The standard InChI is InChI=1S/C8H15F2Si.3C4H9.Sn/c1-4-11(5-2,6-3)8(10)7-9;3*1-3-4-2;/h4-6H2,1-3H3;3*1,3-4H2,2H3;. The Kier molecular flexibility index (Phi) is 13.2. The normalized spacial score (nSPS) is 14.0. The van der Waals surface area contributed by atoms with Gasteiger partial charge >= 0.3 is 156 Å². The van der Waals surface area contributed by atoms with Gasteiger partial charge in [0.25, 0.3) is 0 Å². The molecule has 0 nitrogen and oxygen atoms in total. The summed E-state index contributed by atoms with van der Waals surface area (Å²) < 4.78 is 34.2. The van der Waals surface area contributed by atoms with E-state index in [0.29, 0.717) is 0 Å². The molecule has 144 valence electrons.